The van der Waals surface area contributed by atoms with Crippen LogP contribution >= 0.6 is 0 Å². The first-order valence-electron chi connectivity index (χ1n) is 8.14. The third-order valence-electron chi connectivity index (χ3n) is 3.28. The molecule has 1 rings (SSSR count). The van der Waals surface area contributed by atoms with E-state index in [0.29, 0.717) is 19.1 Å². The quantitative estimate of drug-likeness (QED) is 0.627. The van der Waals surface area contributed by atoms with Gasteiger partial charge in [-0.1, -0.05) is 45.4 Å². The maximum Gasteiger partial charge on any atom is 0.126 e. The number of ether oxygens (including phenoxy) is 2. The van der Waals surface area contributed by atoms with E-state index in [1.54, 1.807) is 0 Å². The molecule has 0 fully saturated rings. The lowest BCUT2D eigenvalue weighted by Crippen LogP contribution is -2.20. The Labute approximate surface area is 130 Å². The standard InChI is InChI=1S/C18H31NO2/c1-5-6-10-20-11-12-21-18-16(4)8-7-9-17(18)14-19-13-15(2)3/h7-9,15,19H,5-6,10-14H2,1-4H3. The van der Waals surface area contributed by atoms with Gasteiger partial charge in [-0.3, -0.25) is 0 Å². The van der Waals surface area contributed by atoms with Crippen molar-refractivity contribution in [2.24, 2.45) is 5.92 Å². The van der Waals surface area contributed by atoms with E-state index < -0.39 is 0 Å². The first kappa shape index (κ1) is 18.0. The number of unbranched alkanes of at least 4 members (excludes halogenated alkanes) is 1. The average Bonchev–Trinajstić information content (AvgIpc) is 2.44. The molecule has 0 aliphatic carbocycles. The number of rotatable bonds is 11. The fourth-order valence-electron chi connectivity index (χ4n) is 2.11. The Balaban J connectivity index is 2.43. The second kappa shape index (κ2) is 10.6. The molecule has 21 heavy (non-hydrogen) atoms. The van der Waals surface area contributed by atoms with E-state index in [0.717, 1.165) is 31.9 Å². The molecule has 1 N–H and O–H groups in total. The highest BCUT2D eigenvalue weighted by molar-refractivity contribution is 5.40. The van der Waals surface area contributed by atoms with Crippen molar-refractivity contribution in [1.29, 1.82) is 0 Å². The summed E-state index contributed by atoms with van der Waals surface area (Å²) in [6, 6.07) is 6.32. The molecule has 0 unspecified atom stereocenters. The number of nitrogens with one attached hydrogen (secondary N) is 1. The lowest BCUT2D eigenvalue weighted by atomic mass is 10.1. The van der Waals surface area contributed by atoms with Crippen molar-refractivity contribution < 1.29 is 9.47 Å². The van der Waals surface area contributed by atoms with Gasteiger partial charge in [0.25, 0.3) is 0 Å². The smallest absolute Gasteiger partial charge is 0.126 e. The van der Waals surface area contributed by atoms with E-state index in [4.69, 9.17) is 9.47 Å². The summed E-state index contributed by atoms with van der Waals surface area (Å²) in [4.78, 5) is 0. The number of aryl methyl sites for hydroxylation is 1. The van der Waals surface area contributed by atoms with Gasteiger partial charge < -0.3 is 14.8 Å². The second-order valence-electron chi connectivity index (χ2n) is 5.90. The van der Waals surface area contributed by atoms with Gasteiger partial charge in [-0.25, -0.2) is 0 Å². The zero-order chi connectivity index (χ0) is 15.5. The Hall–Kier alpha value is -1.06. The summed E-state index contributed by atoms with van der Waals surface area (Å²) in [6.07, 6.45) is 2.29. The van der Waals surface area contributed by atoms with Crippen LogP contribution in [0.25, 0.3) is 0 Å². The normalized spacial score (nSPS) is 11.1. The molecule has 3 heteroatoms. The molecule has 0 atom stereocenters. The Kier molecular flexibility index (Phi) is 9.11. The Morgan fingerprint density at radius 2 is 1.95 bits per heavy atom. The summed E-state index contributed by atoms with van der Waals surface area (Å²) >= 11 is 0. The number of para-hydroxylation sites is 1. The lowest BCUT2D eigenvalue weighted by Gasteiger charge is -2.15. The van der Waals surface area contributed by atoms with E-state index in [9.17, 15) is 0 Å². The summed E-state index contributed by atoms with van der Waals surface area (Å²) in [7, 11) is 0. The van der Waals surface area contributed by atoms with Crippen LogP contribution in [0, 0.1) is 12.8 Å². The molecule has 0 bridgehead atoms. The van der Waals surface area contributed by atoms with Gasteiger partial charge in [-0.15, -0.1) is 0 Å². The second-order valence-corrected chi connectivity index (χ2v) is 5.90. The molecule has 0 radical (unpaired) electrons. The lowest BCUT2D eigenvalue weighted by molar-refractivity contribution is 0.0974. The molecule has 0 heterocycles. The van der Waals surface area contributed by atoms with E-state index in [1.165, 1.54) is 17.5 Å². The topological polar surface area (TPSA) is 30.5 Å². The summed E-state index contributed by atoms with van der Waals surface area (Å²) in [5, 5.41) is 3.48. The van der Waals surface area contributed by atoms with Gasteiger partial charge in [0.15, 0.2) is 0 Å². The molecule has 0 spiro atoms. The van der Waals surface area contributed by atoms with Crippen LogP contribution in [0.1, 0.15) is 44.7 Å². The van der Waals surface area contributed by atoms with Crippen LogP contribution in [0.5, 0.6) is 5.75 Å². The average molecular weight is 293 g/mol. The van der Waals surface area contributed by atoms with E-state index in [2.05, 4.69) is 51.2 Å². The highest BCUT2D eigenvalue weighted by Gasteiger charge is 2.07. The van der Waals surface area contributed by atoms with Gasteiger partial charge in [-0.05, 0) is 31.4 Å². The maximum atomic E-state index is 5.94. The molecule has 0 amide bonds. The van der Waals surface area contributed by atoms with Crippen molar-refractivity contribution in [2.75, 3.05) is 26.4 Å². The molecule has 0 aromatic heterocycles. The van der Waals surface area contributed by atoms with Crippen LogP contribution in [0.15, 0.2) is 18.2 Å². The molecule has 0 saturated heterocycles. The zero-order valence-electron chi connectivity index (χ0n) is 14.1. The van der Waals surface area contributed by atoms with Gasteiger partial charge in [0.2, 0.25) is 0 Å². The summed E-state index contributed by atoms with van der Waals surface area (Å²) in [6.45, 7) is 12.7. The first-order valence-corrected chi connectivity index (χ1v) is 8.14. The molecule has 1 aromatic rings. The number of benzene rings is 1. The molecular formula is C18H31NO2. The SMILES string of the molecule is CCCCOCCOc1c(C)cccc1CNCC(C)C. The highest BCUT2D eigenvalue weighted by atomic mass is 16.5. The molecule has 0 aliphatic rings. The predicted octanol–water partition coefficient (Wildman–Crippen LogP) is 3.94. The molecule has 0 aliphatic heterocycles. The minimum Gasteiger partial charge on any atom is -0.491 e. The van der Waals surface area contributed by atoms with E-state index in [-0.39, 0.29) is 0 Å². The Morgan fingerprint density at radius 3 is 2.67 bits per heavy atom. The fourth-order valence-corrected chi connectivity index (χ4v) is 2.11. The number of hydrogen-bond acceptors (Lipinski definition) is 3. The fraction of sp³-hybridized carbons (Fsp3) is 0.667. The largest absolute Gasteiger partial charge is 0.491 e. The molecule has 1 aromatic carbocycles. The van der Waals surface area contributed by atoms with Gasteiger partial charge in [0, 0.05) is 18.7 Å². The summed E-state index contributed by atoms with van der Waals surface area (Å²) in [5.41, 5.74) is 2.41. The molecule has 120 valence electrons. The van der Waals surface area contributed by atoms with Crippen LogP contribution in [0.2, 0.25) is 0 Å². The van der Waals surface area contributed by atoms with Gasteiger partial charge >= 0.3 is 0 Å². The van der Waals surface area contributed by atoms with Crippen molar-refractivity contribution in [2.45, 2.75) is 47.1 Å². The van der Waals surface area contributed by atoms with Crippen molar-refractivity contribution in [1.82, 2.24) is 5.32 Å². The Morgan fingerprint density at radius 1 is 1.14 bits per heavy atom. The minimum atomic E-state index is 0.617. The Bertz CT molecular complexity index is 391. The van der Waals surface area contributed by atoms with Crippen LogP contribution < -0.4 is 10.1 Å². The van der Waals surface area contributed by atoms with Crippen LogP contribution in [0.3, 0.4) is 0 Å². The first-order chi connectivity index (χ1) is 10.1. The zero-order valence-corrected chi connectivity index (χ0v) is 14.1. The summed E-state index contributed by atoms with van der Waals surface area (Å²) in [5.74, 6) is 1.67. The molecular weight excluding hydrogens is 262 g/mol. The predicted molar refractivity (Wildman–Crippen MR) is 88.9 cm³/mol. The van der Waals surface area contributed by atoms with Gasteiger partial charge in [-0.2, -0.15) is 0 Å². The number of hydrogen-bond donors (Lipinski definition) is 1. The van der Waals surface area contributed by atoms with Crippen LogP contribution in [-0.2, 0) is 11.3 Å². The highest BCUT2D eigenvalue weighted by Crippen LogP contribution is 2.23. The van der Waals surface area contributed by atoms with Crippen molar-refractivity contribution in [3.8, 4) is 5.75 Å². The van der Waals surface area contributed by atoms with Crippen molar-refractivity contribution in [3.05, 3.63) is 29.3 Å². The summed E-state index contributed by atoms with van der Waals surface area (Å²) < 4.78 is 11.5. The van der Waals surface area contributed by atoms with E-state index in [1.807, 2.05) is 0 Å². The van der Waals surface area contributed by atoms with Crippen molar-refractivity contribution in [3.63, 3.8) is 0 Å². The van der Waals surface area contributed by atoms with Crippen molar-refractivity contribution >= 4 is 0 Å². The third-order valence-corrected chi connectivity index (χ3v) is 3.28. The molecule has 0 saturated carbocycles. The minimum absolute atomic E-state index is 0.617. The van der Waals surface area contributed by atoms with Crippen LogP contribution in [-0.4, -0.2) is 26.4 Å². The monoisotopic (exact) mass is 293 g/mol. The third kappa shape index (κ3) is 7.49. The maximum absolute atomic E-state index is 5.94. The van der Waals surface area contributed by atoms with Gasteiger partial charge in [0.1, 0.15) is 12.4 Å². The molecule has 3 nitrogen and oxygen atoms in total. The van der Waals surface area contributed by atoms with E-state index >= 15 is 0 Å². The van der Waals surface area contributed by atoms with Crippen LogP contribution in [0.4, 0.5) is 0 Å². The van der Waals surface area contributed by atoms with Gasteiger partial charge in [0.05, 0.1) is 6.61 Å².